The second kappa shape index (κ2) is 4.47. The molecular weight excluding hydrogens is 200 g/mol. The van der Waals surface area contributed by atoms with Crippen LogP contribution in [0.1, 0.15) is 19.8 Å². The quantitative estimate of drug-likeness (QED) is 0.730. The number of halogens is 1. The van der Waals surface area contributed by atoms with Crippen LogP contribution >= 0.6 is 11.6 Å². The summed E-state index contributed by atoms with van der Waals surface area (Å²) in [5.41, 5.74) is -0.943. The maximum atomic E-state index is 11.1. The van der Waals surface area contributed by atoms with E-state index in [-0.39, 0.29) is 0 Å². The van der Waals surface area contributed by atoms with Crippen LogP contribution in [0.25, 0.3) is 0 Å². The van der Waals surface area contributed by atoms with Crippen molar-refractivity contribution in [3.8, 4) is 0 Å². The van der Waals surface area contributed by atoms with Gasteiger partial charge in [-0.1, -0.05) is 42.8 Å². The van der Waals surface area contributed by atoms with Crippen LogP contribution in [0, 0.1) is 5.41 Å². The molecule has 1 N–H and O–H groups in total. The van der Waals surface area contributed by atoms with E-state index in [1.807, 2.05) is 13.0 Å². The van der Waals surface area contributed by atoms with Crippen molar-refractivity contribution >= 4 is 17.6 Å². The third kappa shape index (κ3) is 2.26. The highest BCUT2D eigenvalue weighted by atomic mass is 35.5. The molecule has 0 aromatic carbocycles. The van der Waals surface area contributed by atoms with Crippen molar-refractivity contribution in [1.29, 1.82) is 0 Å². The zero-order valence-corrected chi connectivity index (χ0v) is 8.79. The summed E-state index contributed by atoms with van der Waals surface area (Å²) in [6.45, 7) is 1.97. The summed E-state index contributed by atoms with van der Waals surface area (Å²) in [6, 6.07) is 0. The Balaban J connectivity index is 2.96. The zero-order valence-electron chi connectivity index (χ0n) is 8.03. The lowest BCUT2D eigenvalue weighted by Gasteiger charge is -2.24. The van der Waals surface area contributed by atoms with Crippen LogP contribution in [0.4, 0.5) is 0 Å². The third-order valence-electron chi connectivity index (χ3n) is 2.18. The van der Waals surface area contributed by atoms with Crippen LogP contribution < -0.4 is 0 Å². The van der Waals surface area contributed by atoms with Crippen molar-refractivity contribution in [1.82, 2.24) is 0 Å². The molecule has 0 saturated heterocycles. The van der Waals surface area contributed by atoms with Crippen LogP contribution in [0.5, 0.6) is 0 Å². The first-order valence-corrected chi connectivity index (χ1v) is 4.93. The molecule has 0 fully saturated rings. The highest BCUT2D eigenvalue weighted by Gasteiger charge is 2.34. The van der Waals surface area contributed by atoms with Crippen LogP contribution in [-0.2, 0) is 4.79 Å². The van der Waals surface area contributed by atoms with Gasteiger partial charge in [0.1, 0.15) is 5.41 Å². The molecule has 2 nitrogen and oxygen atoms in total. The average Bonchev–Trinajstić information content (AvgIpc) is 2.14. The van der Waals surface area contributed by atoms with E-state index in [2.05, 4.69) is 0 Å². The molecule has 0 radical (unpaired) electrons. The van der Waals surface area contributed by atoms with Crippen LogP contribution in [-0.4, -0.2) is 11.1 Å². The second-order valence-corrected chi connectivity index (χ2v) is 3.79. The van der Waals surface area contributed by atoms with Gasteiger partial charge in [0.15, 0.2) is 0 Å². The molecule has 0 aromatic heterocycles. The van der Waals surface area contributed by atoms with Gasteiger partial charge >= 0.3 is 5.97 Å². The lowest BCUT2D eigenvalue weighted by atomic mass is 9.81. The smallest absolute Gasteiger partial charge is 0.317 e. The first kappa shape index (κ1) is 11.1. The van der Waals surface area contributed by atoms with E-state index in [4.69, 9.17) is 16.7 Å². The van der Waals surface area contributed by atoms with Crippen molar-refractivity contribution < 1.29 is 9.90 Å². The molecule has 14 heavy (non-hydrogen) atoms. The number of aliphatic carboxylic acids is 1. The molecule has 1 unspecified atom stereocenters. The van der Waals surface area contributed by atoms with E-state index in [1.54, 1.807) is 24.3 Å². The minimum absolute atomic E-state index is 0.344. The molecule has 0 bridgehead atoms. The minimum atomic E-state index is -0.943. The summed E-state index contributed by atoms with van der Waals surface area (Å²) in [5, 5.41) is 9.72. The number of carbonyl (C=O) groups is 1. The van der Waals surface area contributed by atoms with Crippen molar-refractivity contribution in [2.24, 2.45) is 5.41 Å². The first-order chi connectivity index (χ1) is 6.60. The van der Waals surface area contributed by atoms with Gasteiger partial charge in [-0.05, 0) is 12.5 Å². The summed E-state index contributed by atoms with van der Waals surface area (Å²) in [4.78, 5) is 11.1. The zero-order chi connectivity index (χ0) is 10.6. The van der Waals surface area contributed by atoms with E-state index >= 15 is 0 Å². The van der Waals surface area contributed by atoms with Crippen molar-refractivity contribution in [3.05, 3.63) is 35.4 Å². The summed E-state index contributed by atoms with van der Waals surface area (Å²) in [5.74, 6) is -0.857. The molecule has 0 spiro atoms. The lowest BCUT2D eigenvalue weighted by molar-refractivity contribution is -0.143. The summed E-state index contributed by atoms with van der Waals surface area (Å²) in [7, 11) is 0. The molecular formula is C11H13ClO2. The highest BCUT2D eigenvalue weighted by Crippen LogP contribution is 2.35. The Kier molecular flexibility index (Phi) is 3.53. The Morgan fingerprint density at radius 2 is 2.50 bits per heavy atom. The number of allylic oxidation sites excluding steroid dienone is 4. The van der Waals surface area contributed by atoms with Crippen molar-refractivity contribution in [2.45, 2.75) is 19.8 Å². The Morgan fingerprint density at radius 3 is 3.00 bits per heavy atom. The van der Waals surface area contributed by atoms with E-state index in [1.165, 1.54) is 0 Å². The van der Waals surface area contributed by atoms with Gasteiger partial charge in [-0.2, -0.15) is 0 Å². The Hall–Kier alpha value is -1.02. The molecule has 0 saturated carbocycles. The largest absolute Gasteiger partial charge is 0.480 e. The van der Waals surface area contributed by atoms with Gasteiger partial charge in [0.25, 0.3) is 0 Å². The maximum absolute atomic E-state index is 11.1. The predicted molar refractivity (Wildman–Crippen MR) is 57.2 cm³/mol. The molecule has 1 aliphatic rings. The van der Waals surface area contributed by atoms with Gasteiger partial charge in [-0.15, -0.1) is 0 Å². The molecule has 1 atom stereocenters. The molecule has 0 heterocycles. The van der Waals surface area contributed by atoms with E-state index in [0.29, 0.717) is 11.5 Å². The molecule has 76 valence electrons. The van der Waals surface area contributed by atoms with Gasteiger partial charge in [0.05, 0.1) is 0 Å². The fourth-order valence-electron chi connectivity index (χ4n) is 1.38. The van der Waals surface area contributed by atoms with E-state index < -0.39 is 11.4 Å². The first-order valence-electron chi connectivity index (χ1n) is 4.56. The van der Waals surface area contributed by atoms with Crippen LogP contribution in [0.15, 0.2) is 35.4 Å². The SMILES string of the molecule is CCC=CC1(C(=O)O)C=CC=C(Cl)C1. The van der Waals surface area contributed by atoms with Gasteiger partial charge in [0, 0.05) is 11.5 Å². The topological polar surface area (TPSA) is 37.3 Å². The van der Waals surface area contributed by atoms with Gasteiger partial charge < -0.3 is 5.11 Å². The van der Waals surface area contributed by atoms with Gasteiger partial charge in [-0.3, -0.25) is 4.79 Å². The minimum Gasteiger partial charge on any atom is -0.480 e. The lowest BCUT2D eigenvalue weighted by Crippen LogP contribution is -2.27. The fraction of sp³-hybridized carbons (Fsp3) is 0.364. The molecule has 1 aliphatic carbocycles. The van der Waals surface area contributed by atoms with Crippen LogP contribution in [0.3, 0.4) is 0 Å². The summed E-state index contributed by atoms with van der Waals surface area (Å²) >= 11 is 5.84. The predicted octanol–water partition coefficient (Wildman–Crippen LogP) is 3.11. The summed E-state index contributed by atoms with van der Waals surface area (Å²) < 4.78 is 0. The van der Waals surface area contributed by atoms with E-state index in [0.717, 1.165) is 6.42 Å². The van der Waals surface area contributed by atoms with Crippen molar-refractivity contribution in [2.75, 3.05) is 0 Å². The number of rotatable bonds is 3. The summed E-state index contributed by atoms with van der Waals surface area (Å²) in [6.07, 6.45) is 9.83. The molecule has 0 aromatic rings. The maximum Gasteiger partial charge on any atom is 0.317 e. The van der Waals surface area contributed by atoms with Crippen LogP contribution in [0.2, 0.25) is 0 Å². The second-order valence-electron chi connectivity index (χ2n) is 3.31. The third-order valence-corrected chi connectivity index (χ3v) is 2.44. The molecule has 0 amide bonds. The Bertz CT molecular complexity index is 315. The number of hydrogen-bond donors (Lipinski definition) is 1. The standard InChI is InChI=1S/C11H13ClO2/c1-2-3-6-11(10(13)14)7-4-5-9(12)8-11/h3-7H,2,8H2,1H3,(H,13,14). The van der Waals surface area contributed by atoms with Gasteiger partial charge in [-0.25, -0.2) is 0 Å². The highest BCUT2D eigenvalue weighted by molar-refractivity contribution is 6.30. The molecule has 0 aliphatic heterocycles. The number of hydrogen-bond acceptors (Lipinski definition) is 1. The number of carboxylic acids is 1. The molecule has 3 heteroatoms. The number of carboxylic acid groups (broad SMARTS) is 1. The van der Waals surface area contributed by atoms with Gasteiger partial charge in [0.2, 0.25) is 0 Å². The van der Waals surface area contributed by atoms with E-state index in [9.17, 15) is 4.79 Å². The average molecular weight is 213 g/mol. The Morgan fingerprint density at radius 1 is 1.79 bits per heavy atom. The van der Waals surface area contributed by atoms with Crippen molar-refractivity contribution in [3.63, 3.8) is 0 Å². The normalized spacial score (nSPS) is 26.6. The molecule has 1 rings (SSSR count). The Labute approximate surface area is 88.6 Å². The monoisotopic (exact) mass is 212 g/mol. The fourth-order valence-corrected chi connectivity index (χ4v) is 1.68.